The van der Waals surface area contributed by atoms with Crippen LogP contribution in [0.3, 0.4) is 0 Å². The number of hydrogen-bond acceptors (Lipinski definition) is 5. The number of carbonyl (C=O) groups excluding carboxylic acids is 2. The van der Waals surface area contributed by atoms with Crippen molar-refractivity contribution in [2.24, 2.45) is 29.6 Å². The molecule has 3 aliphatic rings. The SMILES string of the molecule is CCCC1C(C)=CC2CC(C)C(O)C(OC)C2C1C(O)=C1C(=O)NC(C)C1=O. The third-order valence-electron chi connectivity index (χ3n) is 7.01. The van der Waals surface area contributed by atoms with Crippen LogP contribution in [0.2, 0.25) is 0 Å². The van der Waals surface area contributed by atoms with Crippen LogP contribution in [0.1, 0.15) is 47.0 Å². The van der Waals surface area contributed by atoms with Gasteiger partial charge in [0.25, 0.3) is 5.91 Å². The van der Waals surface area contributed by atoms with Crippen molar-refractivity contribution in [1.82, 2.24) is 5.32 Å². The minimum Gasteiger partial charge on any atom is -0.511 e. The van der Waals surface area contributed by atoms with Gasteiger partial charge in [0.05, 0.1) is 18.2 Å². The van der Waals surface area contributed by atoms with E-state index < -0.39 is 30.1 Å². The summed E-state index contributed by atoms with van der Waals surface area (Å²) in [6.45, 7) is 7.79. The molecule has 2 fully saturated rings. The minimum absolute atomic E-state index is 0.00788. The van der Waals surface area contributed by atoms with Gasteiger partial charge >= 0.3 is 0 Å². The average molecular weight is 392 g/mol. The van der Waals surface area contributed by atoms with Crippen molar-refractivity contribution in [1.29, 1.82) is 0 Å². The summed E-state index contributed by atoms with van der Waals surface area (Å²) in [7, 11) is 1.58. The molecule has 1 amide bonds. The van der Waals surface area contributed by atoms with Crippen molar-refractivity contribution in [2.45, 2.75) is 65.2 Å². The van der Waals surface area contributed by atoms with Crippen LogP contribution < -0.4 is 5.32 Å². The summed E-state index contributed by atoms with van der Waals surface area (Å²) >= 11 is 0. The van der Waals surface area contributed by atoms with E-state index in [0.717, 1.165) is 19.3 Å². The van der Waals surface area contributed by atoms with E-state index in [4.69, 9.17) is 4.74 Å². The van der Waals surface area contributed by atoms with Crippen LogP contribution in [0, 0.1) is 29.6 Å². The normalized spacial score (nSPS) is 42.7. The van der Waals surface area contributed by atoms with Crippen LogP contribution in [-0.2, 0) is 14.3 Å². The molecule has 0 aromatic carbocycles. The first-order chi connectivity index (χ1) is 13.2. The molecule has 156 valence electrons. The molecule has 8 unspecified atom stereocenters. The molecule has 1 heterocycles. The van der Waals surface area contributed by atoms with Gasteiger partial charge in [-0.15, -0.1) is 0 Å². The predicted octanol–water partition coefficient (Wildman–Crippen LogP) is 2.53. The number of nitrogens with one attached hydrogen (secondary N) is 1. The van der Waals surface area contributed by atoms with Gasteiger partial charge in [-0.2, -0.15) is 0 Å². The molecular formula is C22H33NO5. The van der Waals surface area contributed by atoms with Gasteiger partial charge in [0, 0.05) is 18.9 Å². The number of hydrogen-bond donors (Lipinski definition) is 3. The van der Waals surface area contributed by atoms with Gasteiger partial charge in [0.2, 0.25) is 0 Å². The molecule has 0 radical (unpaired) electrons. The molecule has 6 nitrogen and oxygen atoms in total. The van der Waals surface area contributed by atoms with Gasteiger partial charge in [-0.05, 0) is 44.4 Å². The summed E-state index contributed by atoms with van der Waals surface area (Å²) in [4.78, 5) is 25.0. The number of ketones is 1. The quantitative estimate of drug-likeness (QED) is 0.296. The smallest absolute Gasteiger partial charge is 0.259 e. The Hall–Kier alpha value is -1.66. The fourth-order valence-corrected chi connectivity index (χ4v) is 5.64. The first kappa shape index (κ1) is 21.1. The molecule has 3 N–H and O–H groups in total. The van der Waals surface area contributed by atoms with Gasteiger partial charge in [-0.3, -0.25) is 9.59 Å². The Labute approximate surface area is 167 Å². The molecule has 2 aliphatic carbocycles. The van der Waals surface area contributed by atoms with E-state index in [2.05, 4.69) is 25.2 Å². The minimum atomic E-state index is -0.646. The number of aliphatic hydroxyl groups excluding tert-OH is 2. The van der Waals surface area contributed by atoms with Crippen molar-refractivity contribution >= 4 is 11.7 Å². The molecule has 6 heteroatoms. The summed E-state index contributed by atoms with van der Waals surface area (Å²) in [6.07, 6.45) is 3.69. The average Bonchev–Trinajstić information content (AvgIpc) is 2.89. The Bertz CT molecular complexity index is 712. The lowest BCUT2D eigenvalue weighted by molar-refractivity contribution is -0.129. The lowest BCUT2D eigenvalue weighted by Gasteiger charge is -2.51. The standard InChI is InChI=1S/C22H33NO5/c1-6-7-14-10(2)8-13-9-11(3)18(24)21(28-5)15(13)16(14)20(26)17-19(25)12(4)23-22(17)27/h8,11-16,18,21,24,26H,6-7,9H2,1-5H3,(H,23,27). The van der Waals surface area contributed by atoms with E-state index in [1.807, 2.05) is 6.92 Å². The van der Waals surface area contributed by atoms with Crippen LogP contribution in [0.5, 0.6) is 0 Å². The maximum absolute atomic E-state index is 12.6. The molecule has 1 saturated heterocycles. The zero-order chi connectivity index (χ0) is 20.7. The number of carbonyl (C=O) groups is 2. The van der Waals surface area contributed by atoms with Crippen LogP contribution in [0.25, 0.3) is 0 Å². The topological polar surface area (TPSA) is 95.9 Å². The number of Topliss-reactive ketones (excluding diaryl/α,β-unsaturated/α-hetero) is 1. The molecule has 0 bridgehead atoms. The van der Waals surface area contributed by atoms with Crippen LogP contribution in [0.4, 0.5) is 0 Å². The molecule has 0 aromatic rings. The number of ether oxygens (including phenoxy) is 1. The maximum atomic E-state index is 12.6. The Balaban J connectivity index is 2.15. The van der Waals surface area contributed by atoms with Crippen molar-refractivity contribution in [3.8, 4) is 0 Å². The molecule has 1 saturated carbocycles. The van der Waals surface area contributed by atoms with Crippen LogP contribution in [0.15, 0.2) is 23.0 Å². The van der Waals surface area contributed by atoms with Crippen LogP contribution in [-0.4, -0.2) is 47.3 Å². The summed E-state index contributed by atoms with van der Waals surface area (Å²) in [6, 6.07) is -0.625. The van der Waals surface area contributed by atoms with Crippen molar-refractivity contribution < 1.29 is 24.5 Å². The molecular weight excluding hydrogens is 358 g/mol. The monoisotopic (exact) mass is 391 g/mol. The number of amides is 1. The highest BCUT2D eigenvalue weighted by Crippen LogP contribution is 2.51. The van der Waals surface area contributed by atoms with Gasteiger partial charge in [0.15, 0.2) is 5.78 Å². The number of aliphatic hydroxyl groups is 2. The third kappa shape index (κ3) is 3.30. The Morgan fingerprint density at radius 2 is 2.00 bits per heavy atom. The van der Waals surface area contributed by atoms with Gasteiger partial charge in [-0.1, -0.05) is 31.9 Å². The lowest BCUT2D eigenvalue weighted by Crippen LogP contribution is -2.53. The zero-order valence-electron chi connectivity index (χ0n) is 17.4. The molecule has 0 spiro atoms. The Morgan fingerprint density at radius 3 is 2.54 bits per heavy atom. The summed E-state index contributed by atoms with van der Waals surface area (Å²) < 4.78 is 5.72. The zero-order valence-corrected chi connectivity index (χ0v) is 17.4. The maximum Gasteiger partial charge on any atom is 0.259 e. The van der Waals surface area contributed by atoms with Gasteiger partial charge < -0.3 is 20.3 Å². The second kappa shape index (κ2) is 7.99. The largest absolute Gasteiger partial charge is 0.511 e. The number of methoxy groups -OCH3 is 1. The summed E-state index contributed by atoms with van der Waals surface area (Å²) in [5, 5.41) is 24.7. The van der Waals surface area contributed by atoms with Gasteiger partial charge in [-0.25, -0.2) is 0 Å². The Morgan fingerprint density at radius 1 is 1.32 bits per heavy atom. The van der Waals surface area contributed by atoms with E-state index >= 15 is 0 Å². The highest BCUT2D eigenvalue weighted by Gasteiger charge is 2.52. The van der Waals surface area contributed by atoms with E-state index in [0.29, 0.717) is 0 Å². The number of allylic oxidation sites excluding steroid dienone is 3. The van der Waals surface area contributed by atoms with Crippen molar-refractivity contribution in [3.63, 3.8) is 0 Å². The highest BCUT2D eigenvalue weighted by molar-refractivity contribution is 6.26. The molecule has 3 rings (SSSR count). The van der Waals surface area contributed by atoms with E-state index in [1.54, 1.807) is 14.0 Å². The summed E-state index contributed by atoms with van der Waals surface area (Å²) in [5.74, 6) is -1.39. The van der Waals surface area contributed by atoms with Gasteiger partial charge in [0.1, 0.15) is 11.3 Å². The number of rotatable bonds is 4. The molecule has 28 heavy (non-hydrogen) atoms. The first-order valence-corrected chi connectivity index (χ1v) is 10.4. The fourth-order valence-electron chi connectivity index (χ4n) is 5.64. The Kier molecular flexibility index (Phi) is 6.01. The highest BCUT2D eigenvalue weighted by atomic mass is 16.5. The second-order valence-electron chi connectivity index (χ2n) is 8.80. The lowest BCUT2D eigenvalue weighted by atomic mass is 9.57. The second-order valence-corrected chi connectivity index (χ2v) is 8.80. The van der Waals surface area contributed by atoms with Crippen molar-refractivity contribution in [2.75, 3.05) is 7.11 Å². The molecule has 8 atom stereocenters. The van der Waals surface area contributed by atoms with E-state index in [9.17, 15) is 19.8 Å². The van der Waals surface area contributed by atoms with Crippen molar-refractivity contribution in [3.05, 3.63) is 23.0 Å². The molecule has 1 aliphatic heterocycles. The van der Waals surface area contributed by atoms with E-state index in [1.165, 1.54) is 5.57 Å². The summed E-state index contributed by atoms with van der Waals surface area (Å²) in [5.41, 5.74) is 1.06. The molecule has 0 aromatic heterocycles. The van der Waals surface area contributed by atoms with Crippen LogP contribution >= 0.6 is 0 Å². The van der Waals surface area contributed by atoms with E-state index in [-0.39, 0.29) is 40.8 Å². The fraction of sp³-hybridized carbons (Fsp3) is 0.727. The third-order valence-corrected chi connectivity index (χ3v) is 7.01. The first-order valence-electron chi connectivity index (χ1n) is 10.4. The predicted molar refractivity (Wildman–Crippen MR) is 105 cm³/mol. The number of fused-ring (bicyclic) bond motifs is 1.